The second kappa shape index (κ2) is 6.85. The summed E-state index contributed by atoms with van der Waals surface area (Å²) in [5.74, 6) is -0.130. The summed E-state index contributed by atoms with van der Waals surface area (Å²) in [5.41, 5.74) is 0.633. The Balaban J connectivity index is 1.98. The molecule has 116 valence electrons. The van der Waals surface area contributed by atoms with Crippen molar-refractivity contribution >= 4 is 11.8 Å². The fourth-order valence-electron chi connectivity index (χ4n) is 2.88. The third kappa shape index (κ3) is 3.69. The van der Waals surface area contributed by atoms with Crippen molar-refractivity contribution in [2.75, 3.05) is 13.2 Å². The zero-order valence-corrected chi connectivity index (χ0v) is 12.9. The summed E-state index contributed by atoms with van der Waals surface area (Å²) in [6.45, 7) is 4.88. The minimum Gasteiger partial charge on any atom is -0.465 e. The van der Waals surface area contributed by atoms with Crippen LogP contribution in [0.1, 0.15) is 43.5 Å². The highest BCUT2D eigenvalue weighted by atomic mass is 16.5. The van der Waals surface area contributed by atoms with E-state index in [2.05, 4.69) is 10.00 Å². The molecule has 0 saturated carbocycles. The monoisotopic (exact) mass is 293 g/mol. The van der Waals surface area contributed by atoms with Gasteiger partial charge in [-0.3, -0.25) is 19.2 Å². The number of carbonyl (C=O) groups is 2. The van der Waals surface area contributed by atoms with Crippen LogP contribution in [-0.4, -0.2) is 51.7 Å². The summed E-state index contributed by atoms with van der Waals surface area (Å²) in [6.07, 6.45) is 5.70. The maximum Gasteiger partial charge on any atom is 0.323 e. The lowest BCUT2D eigenvalue weighted by Gasteiger charge is -2.28. The number of aryl methyl sites for hydroxylation is 1. The highest BCUT2D eigenvalue weighted by Crippen LogP contribution is 2.24. The summed E-state index contributed by atoms with van der Waals surface area (Å²) < 4.78 is 6.70. The van der Waals surface area contributed by atoms with Crippen LogP contribution in [0, 0.1) is 0 Å². The van der Waals surface area contributed by atoms with E-state index in [0.29, 0.717) is 18.6 Å². The van der Waals surface area contributed by atoms with Crippen LogP contribution < -0.4 is 0 Å². The molecule has 6 heteroatoms. The molecular weight excluding hydrogens is 270 g/mol. The first-order valence-corrected chi connectivity index (χ1v) is 7.47. The molecule has 0 amide bonds. The zero-order valence-electron chi connectivity index (χ0n) is 12.9. The van der Waals surface area contributed by atoms with Crippen LogP contribution in [0.4, 0.5) is 0 Å². The molecule has 1 aliphatic heterocycles. The molecule has 1 fully saturated rings. The smallest absolute Gasteiger partial charge is 0.323 e. The van der Waals surface area contributed by atoms with Gasteiger partial charge in [-0.15, -0.1) is 0 Å². The average molecular weight is 293 g/mol. The molecule has 1 aromatic heterocycles. The van der Waals surface area contributed by atoms with Gasteiger partial charge in [-0.05, 0) is 33.2 Å². The Hall–Kier alpha value is -1.69. The number of ether oxygens (including phenoxy) is 1. The highest BCUT2D eigenvalue weighted by molar-refractivity contribution is 5.96. The van der Waals surface area contributed by atoms with Crippen LogP contribution >= 0.6 is 0 Å². The first-order chi connectivity index (χ1) is 10.0. The van der Waals surface area contributed by atoms with Crippen molar-refractivity contribution in [2.24, 2.45) is 7.05 Å². The molecule has 21 heavy (non-hydrogen) atoms. The number of ketones is 1. The number of hydrogen-bond acceptors (Lipinski definition) is 5. The quantitative estimate of drug-likeness (QED) is 0.586. The lowest BCUT2D eigenvalue weighted by molar-refractivity contribution is -0.149. The predicted molar refractivity (Wildman–Crippen MR) is 78.0 cm³/mol. The Morgan fingerprint density at radius 1 is 1.52 bits per heavy atom. The summed E-state index contributed by atoms with van der Waals surface area (Å²) in [5, 5.41) is 4.03. The van der Waals surface area contributed by atoms with Crippen molar-refractivity contribution in [3.05, 3.63) is 18.0 Å². The lowest BCUT2D eigenvalue weighted by atomic mass is 10.0. The van der Waals surface area contributed by atoms with E-state index >= 15 is 0 Å². The molecule has 0 aliphatic carbocycles. The van der Waals surface area contributed by atoms with Gasteiger partial charge in [-0.25, -0.2) is 0 Å². The summed E-state index contributed by atoms with van der Waals surface area (Å²) in [4.78, 5) is 26.2. The molecule has 0 spiro atoms. The Kier molecular flexibility index (Phi) is 5.12. The topological polar surface area (TPSA) is 64.4 Å². The molecule has 2 heterocycles. The molecule has 0 unspecified atom stereocenters. The lowest BCUT2D eigenvalue weighted by Crippen LogP contribution is -2.43. The van der Waals surface area contributed by atoms with Crippen LogP contribution in [0.15, 0.2) is 12.4 Å². The second-order valence-electron chi connectivity index (χ2n) is 5.49. The Morgan fingerprint density at radius 2 is 2.29 bits per heavy atom. The van der Waals surface area contributed by atoms with E-state index in [9.17, 15) is 9.59 Å². The first-order valence-electron chi connectivity index (χ1n) is 7.47. The predicted octanol–water partition coefficient (Wildman–Crippen LogP) is 1.41. The average Bonchev–Trinajstić information content (AvgIpc) is 3.07. The first kappa shape index (κ1) is 15.7. The zero-order chi connectivity index (χ0) is 15.4. The van der Waals surface area contributed by atoms with Crippen molar-refractivity contribution in [1.29, 1.82) is 0 Å². The van der Waals surface area contributed by atoms with Crippen LogP contribution in [-0.2, 0) is 16.6 Å². The van der Waals surface area contributed by atoms with Gasteiger partial charge in [-0.2, -0.15) is 5.10 Å². The molecule has 1 aliphatic rings. The molecule has 1 saturated heterocycles. The maximum absolute atomic E-state index is 12.3. The Bertz CT molecular complexity index is 512. The third-order valence-electron chi connectivity index (χ3n) is 4.00. The maximum atomic E-state index is 12.3. The largest absolute Gasteiger partial charge is 0.465 e. The van der Waals surface area contributed by atoms with Gasteiger partial charge in [-0.1, -0.05) is 0 Å². The molecule has 2 rings (SSSR count). The molecule has 6 nitrogen and oxygen atoms in total. The third-order valence-corrected chi connectivity index (χ3v) is 4.00. The van der Waals surface area contributed by atoms with Crippen LogP contribution in [0.3, 0.4) is 0 Å². The minimum atomic E-state index is -0.292. The van der Waals surface area contributed by atoms with Gasteiger partial charge in [0, 0.05) is 25.7 Å². The normalized spacial score (nSPS) is 20.4. The van der Waals surface area contributed by atoms with Crippen molar-refractivity contribution in [3.63, 3.8) is 0 Å². The number of nitrogens with zero attached hydrogens (tertiary/aromatic N) is 3. The minimum absolute atomic E-state index is 0.0797. The van der Waals surface area contributed by atoms with E-state index in [4.69, 9.17) is 4.74 Å². The van der Waals surface area contributed by atoms with E-state index in [1.165, 1.54) is 0 Å². The van der Waals surface area contributed by atoms with Crippen molar-refractivity contribution in [2.45, 2.75) is 45.2 Å². The Morgan fingerprint density at radius 3 is 2.90 bits per heavy atom. The number of rotatable bonds is 6. The van der Waals surface area contributed by atoms with Gasteiger partial charge >= 0.3 is 5.97 Å². The van der Waals surface area contributed by atoms with E-state index in [-0.39, 0.29) is 23.8 Å². The summed E-state index contributed by atoms with van der Waals surface area (Å²) in [6, 6.07) is -0.184. The van der Waals surface area contributed by atoms with Gasteiger partial charge in [0.2, 0.25) is 0 Å². The number of carbonyl (C=O) groups excluding carboxylic acids is 2. The molecule has 0 aromatic carbocycles. The highest BCUT2D eigenvalue weighted by Gasteiger charge is 2.34. The Labute approximate surface area is 125 Å². The molecule has 1 aromatic rings. The van der Waals surface area contributed by atoms with Crippen molar-refractivity contribution in [3.8, 4) is 0 Å². The second-order valence-corrected chi connectivity index (χ2v) is 5.49. The summed E-state index contributed by atoms with van der Waals surface area (Å²) >= 11 is 0. The molecule has 0 bridgehead atoms. The van der Waals surface area contributed by atoms with Gasteiger partial charge in [0.1, 0.15) is 6.04 Å². The SMILES string of the molecule is CCOC(=O)[C@H](C)N1CCC[C@@H]1CC(=O)c1cnn(C)c1. The van der Waals surface area contributed by atoms with Crippen molar-refractivity contribution < 1.29 is 14.3 Å². The number of hydrogen-bond donors (Lipinski definition) is 0. The van der Waals surface area contributed by atoms with Gasteiger partial charge in [0.25, 0.3) is 0 Å². The molecular formula is C15H23N3O3. The van der Waals surface area contributed by atoms with E-state index in [1.807, 2.05) is 6.92 Å². The van der Waals surface area contributed by atoms with E-state index < -0.39 is 0 Å². The van der Waals surface area contributed by atoms with E-state index in [1.54, 1.807) is 31.0 Å². The van der Waals surface area contributed by atoms with Crippen LogP contribution in [0.5, 0.6) is 0 Å². The standard InChI is InChI=1S/C15H23N3O3/c1-4-21-15(20)11(2)18-7-5-6-13(18)8-14(19)12-9-16-17(3)10-12/h9-11,13H,4-8H2,1-3H3/t11-,13+/m0/s1. The number of Topliss-reactive ketones (excluding diaryl/α,β-unsaturated/α-hetero) is 1. The molecule has 2 atom stereocenters. The summed E-state index contributed by atoms with van der Waals surface area (Å²) in [7, 11) is 1.79. The number of esters is 1. The van der Waals surface area contributed by atoms with Gasteiger partial charge in [0.15, 0.2) is 5.78 Å². The number of aromatic nitrogens is 2. The van der Waals surface area contributed by atoms with Crippen LogP contribution in [0.2, 0.25) is 0 Å². The van der Waals surface area contributed by atoms with Gasteiger partial charge in [0.05, 0.1) is 18.4 Å². The number of likely N-dealkylation sites (tertiary alicyclic amines) is 1. The van der Waals surface area contributed by atoms with E-state index in [0.717, 1.165) is 19.4 Å². The molecule has 0 radical (unpaired) electrons. The molecule has 0 N–H and O–H groups in total. The van der Waals surface area contributed by atoms with Crippen molar-refractivity contribution in [1.82, 2.24) is 14.7 Å². The van der Waals surface area contributed by atoms with Crippen LogP contribution in [0.25, 0.3) is 0 Å². The fourth-order valence-corrected chi connectivity index (χ4v) is 2.88. The van der Waals surface area contributed by atoms with Gasteiger partial charge < -0.3 is 4.74 Å². The fraction of sp³-hybridized carbons (Fsp3) is 0.667.